The van der Waals surface area contributed by atoms with Crippen LogP contribution in [-0.4, -0.2) is 51.7 Å². The van der Waals surface area contributed by atoms with Gasteiger partial charge in [-0.1, -0.05) is 18.3 Å². The molecule has 0 aromatic heterocycles. The second-order valence-corrected chi connectivity index (χ2v) is 4.87. The van der Waals surface area contributed by atoms with Gasteiger partial charge in [0.1, 0.15) is 17.3 Å². The minimum absolute atomic E-state index is 0.331. The first-order valence-electron chi connectivity index (χ1n) is 6.83. The molecule has 6 heteroatoms. The van der Waals surface area contributed by atoms with Crippen LogP contribution in [0.1, 0.15) is 11.1 Å². The molecule has 0 radical (unpaired) electrons. The average Bonchev–Trinajstić information content (AvgIpc) is 2.45. The zero-order chi connectivity index (χ0) is 15.5. The predicted molar refractivity (Wildman–Crippen MR) is 86.1 cm³/mol. The predicted octanol–water partition coefficient (Wildman–Crippen LogP) is 1.69. The topological polar surface area (TPSA) is 62.9 Å². The third-order valence-corrected chi connectivity index (χ3v) is 2.91. The Labute approximate surface area is 131 Å². The minimum atomic E-state index is 0.331. The second kappa shape index (κ2) is 10.5. The summed E-state index contributed by atoms with van der Waals surface area (Å²) in [5, 5.41) is 0. The Balaban J connectivity index is 2.21. The van der Waals surface area contributed by atoms with Crippen LogP contribution in [0.2, 0.25) is 0 Å². The molecule has 0 bridgehead atoms. The highest BCUT2D eigenvalue weighted by atomic mass is 32.1. The smallest absolute Gasteiger partial charge is 0.129 e. The SMILES string of the molecule is COCCOCCOCCOc1cc(C)ccc1C(N)=S. The highest BCUT2D eigenvalue weighted by molar-refractivity contribution is 7.80. The molecule has 0 unspecified atom stereocenters. The Morgan fingerprint density at radius 3 is 2.29 bits per heavy atom. The number of hydrogen-bond donors (Lipinski definition) is 1. The van der Waals surface area contributed by atoms with Gasteiger partial charge in [0.05, 0.1) is 38.6 Å². The number of benzene rings is 1. The highest BCUT2D eigenvalue weighted by Gasteiger charge is 2.06. The van der Waals surface area contributed by atoms with Crippen molar-refractivity contribution in [3.05, 3.63) is 29.3 Å². The number of nitrogens with two attached hydrogens (primary N) is 1. The van der Waals surface area contributed by atoms with Gasteiger partial charge in [-0.15, -0.1) is 0 Å². The number of rotatable bonds is 11. The molecule has 0 saturated heterocycles. The van der Waals surface area contributed by atoms with Crippen LogP contribution in [-0.2, 0) is 14.2 Å². The van der Waals surface area contributed by atoms with Crippen LogP contribution in [0, 0.1) is 6.92 Å². The number of aryl methyl sites for hydroxylation is 1. The summed E-state index contributed by atoms with van der Waals surface area (Å²) in [6, 6.07) is 5.75. The zero-order valence-corrected chi connectivity index (χ0v) is 13.4. The van der Waals surface area contributed by atoms with E-state index in [-0.39, 0.29) is 0 Å². The van der Waals surface area contributed by atoms with Crippen LogP contribution in [0.3, 0.4) is 0 Å². The molecule has 21 heavy (non-hydrogen) atoms. The molecule has 0 amide bonds. The van der Waals surface area contributed by atoms with Gasteiger partial charge in [-0.3, -0.25) is 0 Å². The highest BCUT2D eigenvalue weighted by Crippen LogP contribution is 2.20. The zero-order valence-electron chi connectivity index (χ0n) is 12.6. The van der Waals surface area contributed by atoms with Crippen molar-refractivity contribution < 1.29 is 18.9 Å². The van der Waals surface area contributed by atoms with Gasteiger partial charge in [0.15, 0.2) is 0 Å². The fourth-order valence-corrected chi connectivity index (χ4v) is 1.80. The number of ether oxygens (including phenoxy) is 4. The van der Waals surface area contributed by atoms with Crippen molar-refractivity contribution >= 4 is 17.2 Å². The van der Waals surface area contributed by atoms with Crippen LogP contribution in [0.25, 0.3) is 0 Å². The van der Waals surface area contributed by atoms with Crippen molar-refractivity contribution in [1.29, 1.82) is 0 Å². The van der Waals surface area contributed by atoms with E-state index in [1.165, 1.54) is 0 Å². The monoisotopic (exact) mass is 313 g/mol. The molecule has 0 heterocycles. The van der Waals surface area contributed by atoms with Gasteiger partial charge in [-0.2, -0.15) is 0 Å². The summed E-state index contributed by atoms with van der Waals surface area (Å²) >= 11 is 5.00. The summed E-state index contributed by atoms with van der Waals surface area (Å²) in [5.74, 6) is 0.697. The van der Waals surface area contributed by atoms with E-state index in [2.05, 4.69) is 0 Å². The van der Waals surface area contributed by atoms with E-state index < -0.39 is 0 Å². The van der Waals surface area contributed by atoms with Crippen LogP contribution >= 0.6 is 12.2 Å². The lowest BCUT2D eigenvalue weighted by Crippen LogP contribution is -2.15. The summed E-state index contributed by atoms with van der Waals surface area (Å²) < 4.78 is 21.2. The van der Waals surface area contributed by atoms with Gasteiger partial charge in [0.2, 0.25) is 0 Å². The maximum Gasteiger partial charge on any atom is 0.129 e. The Bertz CT molecular complexity index is 440. The summed E-state index contributed by atoms with van der Waals surface area (Å²) in [4.78, 5) is 0.331. The van der Waals surface area contributed by atoms with Crippen molar-refractivity contribution in [3.63, 3.8) is 0 Å². The van der Waals surface area contributed by atoms with Crippen molar-refractivity contribution in [1.82, 2.24) is 0 Å². The Morgan fingerprint density at radius 2 is 1.67 bits per heavy atom. The maximum atomic E-state index is 5.67. The van der Waals surface area contributed by atoms with Crippen LogP contribution in [0.15, 0.2) is 18.2 Å². The largest absolute Gasteiger partial charge is 0.490 e. The van der Waals surface area contributed by atoms with Gasteiger partial charge in [-0.25, -0.2) is 0 Å². The number of methoxy groups -OCH3 is 1. The van der Waals surface area contributed by atoms with E-state index in [1.54, 1.807) is 7.11 Å². The molecular weight excluding hydrogens is 290 g/mol. The third kappa shape index (κ3) is 7.38. The molecule has 1 aromatic rings. The fraction of sp³-hybridized carbons (Fsp3) is 0.533. The first-order valence-corrected chi connectivity index (χ1v) is 7.23. The van der Waals surface area contributed by atoms with Crippen LogP contribution in [0.5, 0.6) is 5.75 Å². The average molecular weight is 313 g/mol. The molecular formula is C15H23NO4S. The normalized spacial score (nSPS) is 10.6. The third-order valence-electron chi connectivity index (χ3n) is 2.69. The summed E-state index contributed by atoms with van der Waals surface area (Å²) in [7, 11) is 1.64. The summed E-state index contributed by atoms with van der Waals surface area (Å²) in [5.41, 5.74) is 7.51. The van der Waals surface area contributed by atoms with E-state index in [0.717, 1.165) is 11.1 Å². The van der Waals surface area contributed by atoms with Crippen molar-refractivity contribution in [2.45, 2.75) is 6.92 Å². The lowest BCUT2D eigenvalue weighted by Gasteiger charge is -2.12. The summed E-state index contributed by atoms with van der Waals surface area (Å²) in [6.45, 7) is 5.17. The van der Waals surface area contributed by atoms with Crippen molar-refractivity contribution in [3.8, 4) is 5.75 Å². The molecule has 118 valence electrons. The van der Waals surface area contributed by atoms with Crippen LogP contribution in [0.4, 0.5) is 0 Å². The number of hydrogen-bond acceptors (Lipinski definition) is 5. The molecule has 1 aromatic carbocycles. The standard InChI is InChI=1S/C15H23NO4S/c1-12-3-4-13(15(16)21)14(11-12)20-10-9-19-8-7-18-6-5-17-2/h3-4,11H,5-10H2,1-2H3,(H2,16,21). The Hall–Kier alpha value is -1.21. The molecule has 1 rings (SSSR count). The Morgan fingerprint density at radius 1 is 1.05 bits per heavy atom. The molecule has 0 aliphatic heterocycles. The van der Waals surface area contributed by atoms with Gasteiger partial charge in [-0.05, 0) is 24.6 Å². The molecule has 0 aliphatic carbocycles. The Kier molecular flexibility index (Phi) is 8.93. The van der Waals surface area contributed by atoms with E-state index in [1.807, 2.05) is 25.1 Å². The van der Waals surface area contributed by atoms with E-state index >= 15 is 0 Å². The molecule has 0 saturated carbocycles. The van der Waals surface area contributed by atoms with Crippen LogP contribution < -0.4 is 10.5 Å². The molecule has 0 spiro atoms. The van der Waals surface area contributed by atoms with E-state index in [0.29, 0.717) is 50.4 Å². The quantitative estimate of drug-likeness (QED) is 0.495. The molecule has 2 N–H and O–H groups in total. The van der Waals surface area contributed by atoms with Crippen molar-refractivity contribution in [2.24, 2.45) is 5.73 Å². The van der Waals surface area contributed by atoms with E-state index in [9.17, 15) is 0 Å². The van der Waals surface area contributed by atoms with Gasteiger partial charge in [0.25, 0.3) is 0 Å². The fourth-order valence-electron chi connectivity index (χ4n) is 1.63. The van der Waals surface area contributed by atoms with Gasteiger partial charge >= 0.3 is 0 Å². The second-order valence-electron chi connectivity index (χ2n) is 4.43. The number of thiocarbonyl (C=S) groups is 1. The molecule has 5 nitrogen and oxygen atoms in total. The first-order chi connectivity index (χ1) is 10.1. The summed E-state index contributed by atoms with van der Waals surface area (Å²) in [6.07, 6.45) is 0. The van der Waals surface area contributed by atoms with Gasteiger partial charge in [0, 0.05) is 7.11 Å². The van der Waals surface area contributed by atoms with Gasteiger partial charge < -0.3 is 24.7 Å². The first kappa shape index (κ1) is 17.8. The minimum Gasteiger partial charge on any atom is -0.490 e. The molecule has 0 aliphatic rings. The maximum absolute atomic E-state index is 5.67. The lowest BCUT2D eigenvalue weighted by molar-refractivity contribution is 0.0179. The van der Waals surface area contributed by atoms with E-state index in [4.69, 9.17) is 36.9 Å². The lowest BCUT2D eigenvalue weighted by atomic mass is 10.1. The molecule has 0 fully saturated rings. The van der Waals surface area contributed by atoms with Crippen molar-refractivity contribution in [2.75, 3.05) is 46.8 Å². The molecule has 0 atom stereocenters.